The number of aromatic nitrogens is 2. The number of rotatable bonds is 2. The summed E-state index contributed by atoms with van der Waals surface area (Å²) in [5.41, 5.74) is 3.64. The zero-order valence-corrected chi connectivity index (χ0v) is 15.5. The zero-order chi connectivity index (χ0) is 17.6. The van der Waals surface area contributed by atoms with E-state index in [2.05, 4.69) is 54.9 Å². The van der Waals surface area contributed by atoms with Gasteiger partial charge in [-0.25, -0.2) is 4.98 Å². The Morgan fingerprint density at radius 2 is 1.84 bits per heavy atom. The fourth-order valence-electron chi connectivity index (χ4n) is 3.24. The summed E-state index contributed by atoms with van der Waals surface area (Å²) >= 11 is 1.84. The smallest absolute Gasteiger partial charge is 0.253 e. The van der Waals surface area contributed by atoms with Crippen LogP contribution in [0.2, 0.25) is 0 Å². The van der Waals surface area contributed by atoms with Gasteiger partial charge in [0.15, 0.2) is 0 Å². The molecule has 2 heterocycles. The molecule has 0 spiro atoms. The number of hydrogen-bond acceptors (Lipinski definition) is 3. The molecule has 0 fully saturated rings. The van der Waals surface area contributed by atoms with Crippen LogP contribution in [-0.4, -0.2) is 26.8 Å². The number of para-hydroxylation sites is 1. The van der Waals surface area contributed by atoms with E-state index in [1.54, 1.807) is 0 Å². The lowest BCUT2D eigenvalue weighted by Crippen LogP contribution is -2.24. The lowest BCUT2D eigenvalue weighted by molar-refractivity contribution is 0.0956. The summed E-state index contributed by atoms with van der Waals surface area (Å²) in [5.74, 6) is 0.916. The Kier molecular flexibility index (Phi) is 3.84. The van der Waals surface area contributed by atoms with E-state index in [-0.39, 0.29) is 10.7 Å². The summed E-state index contributed by atoms with van der Waals surface area (Å²) in [6.07, 6.45) is 0. The fraction of sp³-hybridized carbons (Fsp3) is 0.300. The Balaban J connectivity index is 1.96. The van der Waals surface area contributed by atoms with E-state index in [4.69, 9.17) is 4.98 Å². The minimum Gasteiger partial charge on any atom is -0.350 e. The van der Waals surface area contributed by atoms with E-state index in [0.717, 1.165) is 29.0 Å². The molecule has 0 saturated heterocycles. The number of thioether (sulfide) groups is 1. The van der Waals surface area contributed by atoms with Crippen molar-refractivity contribution in [2.24, 2.45) is 0 Å². The van der Waals surface area contributed by atoms with Crippen LogP contribution in [0, 0.1) is 0 Å². The van der Waals surface area contributed by atoms with Crippen molar-refractivity contribution in [2.75, 3.05) is 6.54 Å². The highest BCUT2D eigenvalue weighted by molar-refractivity contribution is 8.00. The Morgan fingerprint density at radius 3 is 2.64 bits per heavy atom. The van der Waals surface area contributed by atoms with Crippen molar-refractivity contribution >= 4 is 28.7 Å². The van der Waals surface area contributed by atoms with E-state index in [0.29, 0.717) is 12.1 Å². The predicted molar refractivity (Wildman–Crippen MR) is 103 cm³/mol. The van der Waals surface area contributed by atoms with Crippen LogP contribution in [-0.2, 0) is 6.54 Å². The molecule has 128 valence electrons. The molecule has 1 aliphatic heterocycles. The molecule has 0 bridgehead atoms. The van der Waals surface area contributed by atoms with Gasteiger partial charge in [0.25, 0.3) is 5.91 Å². The Hall–Kier alpha value is -2.27. The minimum absolute atomic E-state index is 0.0202. The first-order valence-corrected chi connectivity index (χ1v) is 9.31. The third-order valence-electron chi connectivity index (χ3n) is 4.18. The van der Waals surface area contributed by atoms with Gasteiger partial charge < -0.3 is 9.88 Å². The second kappa shape index (κ2) is 5.92. The number of imidazole rings is 1. The van der Waals surface area contributed by atoms with Gasteiger partial charge in [0, 0.05) is 28.3 Å². The van der Waals surface area contributed by atoms with Gasteiger partial charge in [-0.15, -0.1) is 11.8 Å². The third-order valence-corrected chi connectivity index (χ3v) is 5.36. The summed E-state index contributed by atoms with van der Waals surface area (Å²) in [6.45, 7) is 7.98. The first kappa shape index (κ1) is 16.2. The number of nitrogens with zero attached hydrogens (tertiary/aromatic N) is 2. The van der Waals surface area contributed by atoms with Crippen LogP contribution in [0.1, 0.15) is 31.1 Å². The molecule has 1 aromatic heterocycles. The maximum absolute atomic E-state index is 12.3. The van der Waals surface area contributed by atoms with Crippen molar-refractivity contribution in [1.82, 2.24) is 14.9 Å². The summed E-state index contributed by atoms with van der Waals surface area (Å²) in [7, 11) is 0. The molecule has 4 rings (SSSR count). The van der Waals surface area contributed by atoms with Gasteiger partial charge in [0.05, 0.1) is 16.6 Å². The van der Waals surface area contributed by atoms with Crippen molar-refractivity contribution in [1.29, 1.82) is 0 Å². The highest BCUT2D eigenvalue weighted by atomic mass is 32.2. The fourth-order valence-corrected chi connectivity index (χ4v) is 4.31. The molecular weight excluding hydrogens is 330 g/mol. The summed E-state index contributed by atoms with van der Waals surface area (Å²) < 4.78 is 2.30. The number of benzene rings is 2. The maximum Gasteiger partial charge on any atom is 0.253 e. The summed E-state index contributed by atoms with van der Waals surface area (Å²) in [5, 5.41) is 2.98. The Labute approximate surface area is 151 Å². The minimum atomic E-state index is -0.0202. The summed E-state index contributed by atoms with van der Waals surface area (Å²) in [6, 6.07) is 14.2. The van der Waals surface area contributed by atoms with E-state index < -0.39 is 0 Å². The van der Waals surface area contributed by atoms with Crippen LogP contribution in [0.15, 0.2) is 47.4 Å². The number of nitrogens with one attached hydrogen (secondary N) is 1. The molecule has 0 aliphatic carbocycles. The molecule has 0 atom stereocenters. The molecule has 25 heavy (non-hydrogen) atoms. The van der Waals surface area contributed by atoms with Crippen LogP contribution >= 0.6 is 11.8 Å². The van der Waals surface area contributed by atoms with E-state index in [1.807, 2.05) is 30.0 Å². The van der Waals surface area contributed by atoms with Crippen molar-refractivity contribution in [3.05, 3.63) is 48.0 Å². The average Bonchev–Trinajstić information content (AvgIpc) is 2.83. The Bertz CT molecular complexity index is 969. The van der Waals surface area contributed by atoms with Crippen molar-refractivity contribution in [3.8, 4) is 11.4 Å². The first-order valence-electron chi connectivity index (χ1n) is 8.50. The van der Waals surface area contributed by atoms with Gasteiger partial charge in [0.2, 0.25) is 0 Å². The molecule has 1 aliphatic rings. The van der Waals surface area contributed by atoms with Gasteiger partial charge in [0.1, 0.15) is 5.82 Å². The molecule has 0 radical (unpaired) electrons. The molecule has 5 heteroatoms. The zero-order valence-electron chi connectivity index (χ0n) is 14.7. The number of carbonyl (C=O) groups excluding carboxylic acids is 1. The molecule has 0 saturated carbocycles. The largest absolute Gasteiger partial charge is 0.350 e. The van der Waals surface area contributed by atoms with Crippen LogP contribution in [0.3, 0.4) is 0 Å². The quantitative estimate of drug-likeness (QED) is 0.699. The van der Waals surface area contributed by atoms with E-state index >= 15 is 0 Å². The number of carbonyl (C=O) groups is 1. The lowest BCUT2D eigenvalue weighted by Gasteiger charge is -2.20. The molecule has 1 N–H and O–H groups in total. The second-order valence-electron chi connectivity index (χ2n) is 7.23. The topological polar surface area (TPSA) is 46.9 Å². The molecule has 2 aromatic carbocycles. The highest BCUT2D eigenvalue weighted by Gasteiger charge is 2.24. The van der Waals surface area contributed by atoms with Crippen LogP contribution in [0.25, 0.3) is 22.4 Å². The van der Waals surface area contributed by atoms with Gasteiger partial charge in [-0.05, 0) is 18.2 Å². The molecule has 1 amide bonds. The monoisotopic (exact) mass is 351 g/mol. The second-order valence-corrected chi connectivity index (χ2v) is 9.10. The average molecular weight is 351 g/mol. The standard InChI is InChI=1S/C20H21N3OS/c1-20(2,3)25-16-10-5-4-7-13(16)18-22-15-9-6-8-14-17(15)23(18)12-11-21-19(14)24/h4-10H,11-12H2,1-3H3,(H,21,24). The van der Waals surface area contributed by atoms with Crippen LogP contribution < -0.4 is 5.32 Å². The van der Waals surface area contributed by atoms with Gasteiger partial charge in [-0.3, -0.25) is 4.79 Å². The van der Waals surface area contributed by atoms with E-state index in [9.17, 15) is 4.79 Å². The number of hydrogen-bond donors (Lipinski definition) is 1. The van der Waals surface area contributed by atoms with Gasteiger partial charge >= 0.3 is 0 Å². The molecular formula is C20H21N3OS. The lowest BCUT2D eigenvalue weighted by atomic mass is 10.1. The van der Waals surface area contributed by atoms with Gasteiger partial charge in [-0.2, -0.15) is 0 Å². The SMILES string of the molecule is CC(C)(C)Sc1ccccc1-c1nc2cccc3c2n1CCNC3=O. The predicted octanol–water partition coefficient (Wildman–Crippen LogP) is 4.34. The summed E-state index contributed by atoms with van der Waals surface area (Å²) in [4.78, 5) is 18.4. The van der Waals surface area contributed by atoms with E-state index in [1.165, 1.54) is 4.90 Å². The van der Waals surface area contributed by atoms with Gasteiger partial charge in [-0.1, -0.05) is 45.0 Å². The van der Waals surface area contributed by atoms with Crippen molar-refractivity contribution < 1.29 is 4.79 Å². The molecule has 4 nitrogen and oxygen atoms in total. The normalized spacial score (nSPS) is 14.4. The maximum atomic E-state index is 12.3. The highest BCUT2D eigenvalue weighted by Crippen LogP contribution is 2.39. The Morgan fingerprint density at radius 1 is 1.08 bits per heavy atom. The number of amides is 1. The first-order chi connectivity index (χ1) is 11.9. The molecule has 3 aromatic rings. The third kappa shape index (κ3) is 2.93. The van der Waals surface area contributed by atoms with Crippen LogP contribution in [0.4, 0.5) is 0 Å². The van der Waals surface area contributed by atoms with Crippen molar-refractivity contribution in [3.63, 3.8) is 0 Å². The van der Waals surface area contributed by atoms with Crippen molar-refractivity contribution in [2.45, 2.75) is 37.0 Å². The molecule has 0 unspecified atom stereocenters. The van der Waals surface area contributed by atoms with Crippen LogP contribution in [0.5, 0.6) is 0 Å².